The molecule has 0 aliphatic heterocycles. The van der Waals surface area contributed by atoms with E-state index in [1.165, 1.54) is 13.1 Å². The first-order chi connectivity index (χ1) is 13.0. The Bertz CT molecular complexity index is 812. The van der Waals surface area contributed by atoms with Crippen molar-refractivity contribution in [2.45, 2.75) is 25.8 Å². The predicted molar refractivity (Wildman–Crippen MR) is 97.2 cm³/mol. The van der Waals surface area contributed by atoms with Crippen molar-refractivity contribution in [3.05, 3.63) is 65.2 Å². The Balaban J connectivity index is 2.08. The van der Waals surface area contributed by atoms with Crippen LogP contribution in [0.15, 0.2) is 42.5 Å². The quantitative estimate of drug-likeness (QED) is 0.744. The largest absolute Gasteiger partial charge is 0.494 e. The molecule has 5 nitrogen and oxygen atoms in total. The summed E-state index contributed by atoms with van der Waals surface area (Å²) in [6.45, 7) is 2.39. The third-order valence-electron chi connectivity index (χ3n) is 3.98. The van der Waals surface area contributed by atoms with Crippen molar-refractivity contribution < 1.29 is 23.1 Å². The second-order valence-electron chi connectivity index (χ2n) is 5.83. The van der Waals surface area contributed by atoms with Gasteiger partial charge in [-0.2, -0.15) is 0 Å². The number of hydrogen-bond acceptors (Lipinski definition) is 3. The van der Waals surface area contributed by atoms with Gasteiger partial charge >= 0.3 is 0 Å². The lowest BCUT2D eigenvalue weighted by Gasteiger charge is -2.18. The molecule has 7 heteroatoms. The number of ether oxygens (including phenoxy) is 1. The summed E-state index contributed by atoms with van der Waals surface area (Å²) in [6.07, 6.45) is 0.529. The van der Waals surface area contributed by atoms with Gasteiger partial charge in [0.2, 0.25) is 11.8 Å². The number of rotatable bonds is 8. The second-order valence-corrected chi connectivity index (χ2v) is 5.83. The highest BCUT2D eigenvalue weighted by Gasteiger charge is 2.23. The molecule has 0 radical (unpaired) electrons. The summed E-state index contributed by atoms with van der Waals surface area (Å²) in [7, 11) is 1.40. The van der Waals surface area contributed by atoms with Crippen LogP contribution in [0.3, 0.4) is 0 Å². The Hall–Kier alpha value is -2.96. The lowest BCUT2D eigenvalue weighted by Crippen LogP contribution is -2.39. The Morgan fingerprint density at radius 2 is 1.85 bits per heavy atom. The van der Waals surface area contributed by atoms with Crippen molar-refractivity contribution in [1.29, 1.82) is 0 Å². The SMILES string of the molecule is CCOc1ccccc1CCC(=O)NC(C(=O)NC)c1ccc(F)c(F)c1. The van der Waals surface area contributed by atoms with E-state index in [-0.39, 0.29) is 17.9 Å². The minimum absolute atomic E-state index is 0.112. The standard InChI is InChI=1S/C20H22F2N2O3/c1-3-27-17-7-5-4-6-13(17)9-11-18(25)24-19(20(26)23-2)14-8-10-15(21)16(22)12-14/h4-8,10,12,19H,3,9,11H2,1-2H3,(H,23,26)(H,24,25). The van der Waals surface area contributed by atoms with Crippen molar-refractivity contribution in [2.24, 2.45) is 0 Å². The fourth-order valence-corrected chi connectivity index (χ4v) is 2.62. The molecule has 1 atom stereocenters. The molecular weight excluding hydrogens is 354 g/mol. The zero-order valence-corrected chi connectivity index (χ0v) is 15.2. The van der Waals surface area contributed by atoms with E-state index < -0.39 is 23.6 Å². The first-order valence-electron chi connectivity index (χ1n) is 8.62. The van der Waals surface area contributed by atoms with Gasteiger partial charge in [-0.15, -0.1) is 0 Å². The van der Waals surface area contributed by atoms with Gasteiger partial charge in [0.15, 0.2) is 11.6 Å². The molecule has 2 amide bonds. The van der Waals surface area contributed by atoms with Gasteiger partial charge in [-0.25, -0.2) is 8.78 Å². The fraction of sp³-hybridized carbons (Fsp3) is 0.300. The Labute approximate surface area is 156 Å². The van der Waals surface area contributed by atoms with Crippen LogP contribution in [0.5, 0.6) is 5.75 Å². The van der Waals surface area contributed by atoms with Crippen molar-refractivity contribution in [3.63, 3.8) is 0 Å². The van der Waals surface area contributed by atoms with Gasteiger partial charge in [-0.05, 0) is 42.7 Å². The Morgan fingerprint density at radius 1 is 1.11 bits per heavy atom. The molecule has 0 spiro atoms. The smallest absolute Gasteiger partial charge is 0.246 e. The number of nitrogens with one attached hydrogen (secondary N) is 2. The van der Waals surface area contributed by atoms with Gasteiger partial charge in [0.1, 0.15) is 11.8 Å². The van der Waals surface area contributed by atoms with Crippen LogP contribution in [0.2, 0.25) is 0 Å². The van der Waals surface area contributed by atoms with E-state index in [0.717, 1.165) is 17.7 Å². The number of hydrogen-bond donors (Lipinski definition) is 2. The van der Waals surface area contributed by atoms with E-state index in [0.29, 0.717) is 18.8 Å². The molecule has 2 aromatic rings. The van der Waals surface area contributed by atoms with Crippen LogP contribution in [0.4, 0.5) is 8.78 Å². The van der Waals surface area contributed by atoms with E-state index in [4.69, 9.17) is 4.74 Å². The van der Waals surface area contributed by atoms with Crippen LogP contribution in [0, 0.1) is 11.6 Å². The van der Waals surface area contributed by atoms with Crippen LogP contribution in [-0.4, -0.2) is 25.5 Å². The van der Waals surface area contributed by atoms with Crippen LogP contribution < -0.4 is 15.4 Å². The maximum atomic E-state index is 13.5. The van der Waals surface area contributed by atoms with E-state index in [9.17, 15) is 18.4 Å². The van der Waals surface area contributed by atoms with Gasteiger partial charge in [0.25, 0.3) is 0 Å². The number of carbonyl (C=O) groups is 2. The average molecular weight is 376 g/mol. The summed E-state index contributed by atoms with van der Waals surface area (Å²) < 4.78 is 32.2. The van der Waals surface area contributed by atoms with Gasteiger partial charge < -0.3 is 15.4 Å². The molecule has 2 aromatic carbocycles. The zero-order chi connectivity index (χ0) is 19.8. The fourth-order valence-electron chi connectivity index (χ4n) is 2.62. The lowest BCUT2D eigenvalue weighted by molar-refractivity contribution is -0.128. The average Bonchev–Trinajstić information content (AvgIpc) is 2.67. The number of para-hydroxylation sites is 1. The number of aryl methyl sites for hydroxylation is 1. The molecule has 0 aliphatic rings. The van der Waals surface area contributed by atoms with Gasteiger partial charge in [-0.1, -0.05) is 24.3 Å². The van der Waals surface area contributed by atoms with Crippen molar-refractivity contribution in [2.75, 3.05) is 13.7 Å². The molecule has 0 saturated heterocycles. The third kappa shape index (κ3) is 5.51. The molecule has 0 aromatic heterocycles. The van der Waals surface area contributed by atoms with E-state index >= 15 is 0 Å². The molecule has 0 heterocycles. The van der Waals surface area contributed by atoms with Crippen LogP contribution >= 0.6 is 0 Å². The monoisotopic (exact) mass is 376 g/mol. The molecule has 0 saturated carbocycles. The van der Waals surface area contributed by atoms with E-state index in [1.807, 2.05) is 31.2 Å². The highest BCUT2D eigenvalue weighted by atomic mass is 19.2. The molecule has 0 bridgehead atoms. The highest BCUT2D eigenvalue weighted by molar-refractivity contribution is 5.88. The summed E-state index contributed by atoms with van der Waals surface area (Å²) in [6, 6.07) is 9.37. The number of likely N-dealkylation sites (N-methyl/N-ethyl adjacent to an activating group) is 1. The van der Waals surface area contributed by atoms with Crippen LogP contribution in [-0.2, 0) is 16.0 Å². The molecule has 27 heavy (non-hydrogen) atoms. The Morgan fingerprint density at radius 3 is 2.52 bits per heavy atom. The summed E-state index contributed by atoms with van der Waals surface area (Å²) in [5.41, 5.74) is 1.04. The van der Waals surface area contributed by atoms with Crippen molar-refractivity contribution in [3.8, 4) is 5.75 Å². The summed E-state index contributed by atoms with van der Waals surface area (Å²) in [5.74, 6) is -2.31. The minimum Gasteiger partial charge on any atom is -0.494 e. The maximum Gasteiger partial charge on any atom is 0.246 e. The van der Waals surface area contributed by atoms with E-state index in [1.54, 1.807) is 0 Å². The summed E-state index contributed by atoms with van der Waals surface area (Å²) in [4.78, 5) is 24.4. The number of amides is 2. The molecule has 0 fully saturated rings. The zero-order valence-electron chi connectivity index (χ0n) is 15.2. The third-order valence-corrected chi connectivity index (χ3v) is 3.98. The van der Waals surface area contributed by atoms with Crippen molar-refractivity contribution in [1.82, 2.24) is 10.6 Å². The summed E-state index contributed by atoms with van der Waals surface area (Å²) in [5, 5.41) is 4.98. The van der Waals surface area contributed by atoms with Gasteiger partial charge in [0.05, 0.1) is 6.61 Å². The first-order valence-corrected chi connectivity index (χ1v) is 8.62. The topological polar surface area (TPSA) is 67.4 Å². The van der Waals surface area contributed by atoms with Gasteiger partial charge in [0, 0.05) is 13.5 Å². The maximum absolute atomic E-state index is 13.5. The highest BCUT2D eigenvalue weighted by Crippen LogP contribution is 2.20. The summed E-state index contributed by atoms with van der Waals surface area (Å²) >= 11 is 0. The number of halogens is 2. The molecule has 1 unspecified atom stereocenters. The number of benzene rings is 2. The lowest BCUT2D eigenvalue weighted by atomic mass is 10.0. The molecule has 144 valence electrons. The number of carbonyl (C=O) groups excluding carboxylic acids is 2. The molecule has 0 aliphatic carbocycles. The van der Waals surface area contributed by atoms with E-state index in [2.05, 4.69) is 10.6 Å². The minimum atomic E-state index is -1.11. The normalized spacial score (nSPS) is 11.6. The molecule has 2 N–H and O–H groups in total. The van der Waals surface area contributed by atoms with Gasteiger partial charge in [-0.3, -0.25) is 9.59 Å². The Kier molecular flexibility index (Phi) is 7.28. The van der Waals surface area contributed by atoms with Crippen LogP contribution in [0.25, 0.3) is 0 Å². The van der Waals surface area contributed by atoms with Crippen LogP contribution in [0.1, 0.15) is 30.5 Å². The molecular formula is C20H22F2N2O3. The second kappa shape index (κ2) is 9.66. The molecule has 2 rings (SSSR count). The predicted octanol–water partition coefficient (Wildman–Crippen LogP) is 2.90. The van der Waals surface area contributed by atoms with Crippen molar-refractivity contribution >= 4 is 11.8 Å². The first kappa shape index (κ1) is 20.4.